The van der Waals surface area contributed by atoms with Crippen LogP contribution in [0.1, 0.15) is 38.5 Å². The Bertz CT molecular complexity index is 140. The fourth-order valence-electron chi connectivity index (χ4n) is 1.54. The Balaban J connectivity index is 2.50. The number of hydrogen-bond acceptors (Lipinski definition) is 3. The molecule has 0 bridgehead atoms. The molecule has 0 unspecified atom stereocenters. The Labute approximate surface area is 72.4 Å². The third-order valence-electron chi connectivity index (χ3n) is 2.36. The van der Waals surface area contributed by atoms with Gasteiger partial charge in [-0.3, -0.25) is 4.79 Å². The van der Waals surface area contributed by atoms with Crippen LogP contribution in [0, 0.1) is 0 Å². The van der Waals surface area contributed by atoms with Crippen LogP contribution in [-0.2, 0) is 4.79 Å². The SMILES string of the molecule is O=C1[C@H](O)CCCCCC[C@@H]1O. The van der Waals surface area contributed by atoms with E-state index in [0.29, 0.717) is 12.8 Å². The normalized spacial score (nSPS) is 33.7. The molecule has 2 N–H and O–H groups in total. The Hall–Kier alpha value is -0.410. The van der Waals surface area contributed by atoms with Crippen LogP contribution in [0.4, 0.5) is 0 Å². The monoisotopic (exact) mass is 172 g/mol. The highest BCUT2D eigenvalue weighted by Crippen LogP contribution is 2.15. The zero-order valence-electron chi connectivity index (χ0n) is 7.20. The van der Waals surface area contributed by atoms with Crippen molar-refractivity contribution in [1.29, 1.82) is 0 Å². The number of aliphatic hydroxyl groups excluding tert-OH is 2. The van der Waals surface area contributed by atoms with Gasteiger partial charge in [0.1, 0.15) is 12.2 Å². The predicted octanol–water partition coefficient (Wildman–Crippen LogP) is 0.631. The Morgan fingerprint density at radius 3 is 1.75 bits per heavy atom. The maximum absolute atomic E-state index is 11.2. The standard InChI is InChI=1S/C9H16O3/c10-7-5-3-1-2-4-6-8(11)9(7)12/h7-8,10-11H,1-6H2/t7-,8+. The van der Waals surface area contributed by atoms with Crippen LogP contribution < -0.4 is 0 Å². The molecule has 1 aliphatic carbocycles. The quantitative estimate of drug-likeness (QED) is 0.563. The van der Waals surface area contributed by atoms with Gasteiger partial charge < -0.3 is 10.2 Å². The molecule has 0 aromatic rings. The summed E-state index contributed by atoms with van der Waals surface area (Å²) < 4.78 is 0. The van der Waals surface area contributed by atoms with E-state index in [2.05, 4.69) is 0 Å². The molecule has 3 nitrogen and oxygen atoms in total. The van der Waals surface area contributed by atoms with Crippen molar-refractivity contribution in [3.63, 3.8) is 0 Å². The molecule has 0 aliphatic heterocycles. The molecule has 1 fully saturated rings. The van der Waals surface area contributed by atoms with Gasteiger partial charge in [0.15, 0.2) is 5.78 Å². The van der Waals surface area contributed by atoms with Crippen molar-refractivity contribution in [3.8, 4) is 0 Å². The third kappa shape index (κ3) is 2.57. The molecule has 70 valence electrons. The second-order valence-electron chi connectivity index (χ2n) is 3.43. The van der Waals surface area contributed by atoms with E-state index in [1.165, 1.54) is 0 Å². The highest BCUT2D eigenvalue weighted by atomic mass is 16.3. The number of hydrogen-bond donors (Lipinski definition) is 2. The highest BCUT2D eigenvalue weighted by Gasteiger charge is 2.23. The van der Waals surface area contributed by atoms with Crippen LogP contribution in [0.2, 0.25) is 0 Å². The van der Waals surface area contributed by atoms with E-state index in [4.69, 9.17) is 0 Å². The number of carbonyl (C=O) groups excluding carboxylic acids is 1. The first-order chi connectivity index (χ1) is 5.72. The van der Waals surface area contributed by atoms with E-state index in [1.807, 2.05) is 0 Å². The molecule has 0 aromatic carbocycles. The second kappa shape index (κ2) is 4.58. The van der Waals surface area contributed by atoms with Gasteiger partial charge in [-0.05, 0) is 12.8 Å². The van der Waals surface area contributed by atoms with Crippen molar-refractivity contribution in [2.75, 3.05) is 0 Å². The van der Waals surface area contributed by atoms with Crippen molar-refractivity contribution < 1.29 is 15.0 Å². The number of aliphatic hydroxyl groups is 2. The summed E-state index contributed by atoms with van der Waals surface area (Å²) in [5, 5.41) is 18.5. The van der Waals surface area contributed by atoms with Crippen LogP contribution in [0.5, 0.6) is 0 Å². The molecule has 0 aromatic heterocycles. The lowest BCUT2D eigenvalue weighted by atomic mass is 10.0. The summed E-state index contributed by atoms with van der Waals surface area (Å²) in [5.41, 5.74) is 0. The molecule has 1 saturated carbocycles. The minimum absolute atomic E-state index is 0.392. The molecule has 0 spiro atoms. The van der Waals surface area contributed by atoms with E-state index in [9.17, 15) is 15.0 Å². The maximum Gasteiger partial charge on any atom is 0.189 e. The van der Waals surface area contributed by atoms with Gasteiger partial charge in [-0.1, -0.05) is 25.7 Å². The summed E-state index contributed by atoms with van der Waals surface area (Å²) >= 11 is 0. The minimum atomic E-state index is -0.932. The highest BCUT2D eigenvalue weighted by molar-refractivity contribution is 5.86. The summed E-state index contributed by atoms with van der Waals surface area (Å²) in [4.78, 5) is 11.2. The molecule has 1 aliphatic rings. The van der Waals surface area contributed by atoms with Crippen molar-refractivity contribution in [1.82, 2.24) is 0 Å². The number of Topliss-reactive ketones (excluding diaryl/α,β-unsaturated/α-hetero) is 1. The average molecular weight is 172 g/mol. The van der Waals surface area contributed by atoms with Crippen LogP contribution in [-0.4, -0.2) is 28.2 Å². The van der Waals surface area contributed by atoms with E-state index < -0.39 is 18.0 Å². The van der Waals surface area contributed by atoms with Crippen LogP contribution in [0.25, 0.3) is 0 Å². The van der Waals surface area contributed by atoms with Gasteiger partial charge in [-0.2, -0.15) is 0 Å². The molecule has 1 rings (SSSR count). The Morgan fingerprint density at radius 2 is 1.33 bits per heavy atom. The van der Waals surface area contributed by atoms with Crippen LogP contribution in [0.15, 0.2) is 0 Å². The van der Waals surface area contributed by atoms with E-state index >= 15 is 0 Å². The molecule has 2 atom stereocenters. The van der Waals surface area contributed by atoms with Gasteiger partial charge in [-0.15, -0.1) is 0 Å². The van der Waals surface area contributed by atoms with Crippen molar-refractivity contribution >= 4 is 5.78 Å². The van der Waals surface area contributed by atoms with Crippen LogP contribution in [0.3, 0.4) is 0 Å². The predicted molar refractivity (Wildman–Crippen MR) is 44.7 cm³/mol. The molecular formula is C9H16O3. The smallest absolute Gasteiger partial charge is 0.189 e. The largest absolute Gasteiger partial charge is 0.385 e. The van der Waals surface area contributed by atoms with Gasteiger partial charge in [0.05, 0.1) is 0 Å². The van der Waals surface area contributed by atoms with Gasteiger partial charge in [-0.25, -0.2) is 0 Å². The van der Waals surface area contributed by atoms with Crippen LogP contribution >= 0.6 is 0 Å². The van der Waals surface area contributed by atoms with Crippen molar-refractivity contribution in [2.45, 2.75) is 50.7 Å². The lowest BCUT2D eigenvalue weighted by Gasteiger charge is -2.11. The average Bonchev–Trinajstić information content (AvgIpc) is 2.12. The second-order valence-corrected chi connectivity index (χ2v) is 3.43. The fraction of sp³-hybridized carbons (Fsp3) is 0.889. The third-order valence-corrected chi connectivity index (χ3v) is 2.36. The summed E-state index contributed by atoms with van der Waals surface area (Å²) in [5.74, 6) is -0.392. The number of rotatable bonds is 0. The molecule has 0 radical (unpaired) electrons. The Kier molecular flexibility index (Phi) is 3.69. The fourth-order valence-corrected chi connectivity index (χ4v) is 1.54. The van der Waals surface area contributed by atoms with Gasteiger partial charge in [0.25, 0.3) is 0 Å². The number of ketones is 1. The van der Waals surface area contributed by atoms with E-state index in [0.717, 1.165) is 25.7 Å². The zero-order valence-corrected chi connectivity index (χ0v) is 7.20. The van der Waals surface area contributed by atoms with Gasteiger partial charge in [0, 0.05) is 0 Å². The molecule has 0 amide bonds. The summed E-state index contributed by atoms with van der Waals surface area (Å²) in [6, 6.07) is 0. The van der Waals surface area contributed by atoms with Crippen molar-refractivity contribution in [2.24, 2.45) is 0 Å². The number of carbonyl (C=O) groups is 1. The minimum Gasteiger partial charge on any atom is -0.385 e. The maximum atomic E-state index is 11.2. The molecular weight excluding hydrogens is 156 g/mol. The molecule has 3 heteroatoms. The zero-order chi connectivity index (χ0) is 8.97. The van der Waals surface area contributed by atoms with Gasteiger partial charge >= 0.3 is 0 Å². The topological polar surface area (TPSA) is 57.5 Å². The first-order valence-electron chi connectivity index (χ1n) is 4.61. The molecule has 12 heavy (non-hydrogen) atoms. The van der Waals surface area contributed by atoms with Gasteiger partial charge in [0.2, 0.25) is 0 Å². The lowest BCUT2D eigenvalue weighted by molar-refractivity contribution is -0.136. The van der Waals surface area contributed by atoms with E-state index in [1.54, 1.807) is 0 Å². The molecule has 0 saturated heterocycles. The first-order valence-corrected chi connectivity index (χ1v) is 4.61. The summed E-state index contributed by atoms with van der Waals surface area (Å²) in [6.07, 6.45) is 3.04. The van der Waals surface area contributed by atoms with E-state index in [-0.39, 0.29) is 0 Å². The summed E-state index contributed by atoms with van der Waals surface area (Å²) in [6.45, 7) is 0. The summed E-state index contributed by atoms with van der Waals surface area (Å²) in [7, 11) is 0. The van der Waals surface area contributed by atoms with Crippen molar-refractivity contribution in [3.05, 3.63) is 0 Å². The first kappa shape index (κ1) is 9.68. The lowest BCUT2D eigenvalue weighted by Crippen LogP contribution is -2.31. The Morgan fingerprint density at radius 1 is 0.917 bits per heavy atom. The molecule has 0 heterocycles.